The van der Waals surface area contributed by atoms with E-state index < -0.39 is 7.82 Å². The predicted octanol–water partition coefficient (Wildman–Crippen LogP) is 0.192. The maximum atomic E-state index is 8.96. The van der Waals surface area contributed by atoms with Crippen LogP contribution in [-0.4, -0.2) is 26.6 Å². The van der Waals surface area contributed by atoms with Crippen LogP contribution in [0.1, 0.15) is 0 Å². The highest BCUT2D eigenvalue weighted by molar-refractivity contribution is 7.45. The molecule has 84 valence electrons. The second-order valence-electron chi connectivity index (χ2n) is 2.55. The van der Waals surface area contributed by atoms with E-state index in [2.05, 4.69) is 0 Å². The molecule has 1 aliphatic rings. The fourth-order valence-electron chi connectivity index (χ4n) is 0.885. The van der Waals surface area contributed by atoms with Crippen molar-refractivity contribution in [3.8, 4) is 17.2 Å². The van der Waals surface area contributed by atoms with Gasteiger partial charge in [0.1, 0.15) is 5.75 Å². The zero-order valence-electron chi connectivity index (χ0n) is 7.40. The maximum Gasteiger partial charge on any atom is 0.466 e. The van der Waals surface area contributed by atoms with E-state index in [1.165, 1.54) is 6.07 Å². The lowest BCUT2D eigenvalue weighted by molar-refractivity contribution is 0.174. The second-order valence-corrected chi connectivity index (χ2v) is 3.58. The van der Waals surface area contributed by atoms with Gasteiger partial charge in [0.05, 0.1) is 0 Å². The second kappa shape index (κ2) is 4.50. The summed E-state index contributed by atoms with van der Waals surface area (Å²) in [5.74, 6) is 1.50. The van der Waals surface area contributed by atoms with Crippen molar-refractivity contribution in [3.63, 3.8) is 0 Å². The molecule has 0 bridgehead atoms. The summed E-state index contributed by atoms with van der Waals surface area (Å²) in [6.07, 6.45) is 0. The molecule has 1 aromatic rings. The average Bonchev–Trinajstić information content (AvgIpc) is 2.47. The Hall–Kier alpha value is -1.27. The minimum Gasteiger partial charge on any atom is -0.508 e. The average molecular weight is 236 g/mol. The van der Waals surface area contributed by atoms with E-state index in [-0.39, 0.29) is 12.5 Å². The molecule has 0 aromatic heterocycles. The summed E-state index contributed by atoms with van der Waals surface area (Å²) in [6, 6.07) is 4.77. The van der Waals surface area contributed by atoms with Gasteiger partial charge in [-0.25, -0.2) is 4.57 Å². The SMILES string of the molecule is O=P(O)(O)O.Oc1ccc2c(c1)OCO2. The first-order valence-electron chi connectivity index (χ1n) is 3.73. The van der Waals surface area contributed by atoms with Crippen LogP contribution in [0.2, 0.25) is 0 Å². The molecule has 1 aromatic carbocycles. The number of aromatic hydroxyl groups is 1. The summed E-state index contributed by atoms with van der Waals surface area (Å²) in [5.41, 5.74) is 0. The van der Waals surface area contributed by atoms with Crippen LogP contribution in [0.4, 0.5) is 0 Å². The Bertz CT molecular complexity index is 377. The number of phenolic OH excluding ortho intramolecular Hbond substituents is 1. The van der Waals surface area contributed by atoms with E-state index in [4.69, 9.17) is 33.8 Å². The molecule has 0 unspecified atom stereocenters. The molecule has 0 spiro atoms. The van der Waals surface area contributed by atoms with Crippen molar-refractivity contribution in [1.82, 2.24) is 0 Å². The molecular formula is C7H9O7P. The Morgan fingerprint density at radius 2 is 1.67 bits per heavy atom. The lowest BCUT2D eigenvalue weighted by Crippen LogP contribution is -1.92. The van der Waals surface area contributed by atoms with Crippen LogP contribution < -0.4 is 9.47 Å². The lowest BCUT2D eigenvalue weighted by Gasteiger charge is -1.93. The first kappa shape index (κ1) is 11.8. The molecule has 0 saturated heterocycles. The predicted molar refractivity (Wildman–Crippen MR) is 48.5 cm³/mol. The van der Waals surface area contributed by atoms with Crippen molar-refractivity contribution in [2.75, 3.05) is 6.79 Å². The molecule has 0 aliphatic carbocycles. The summed E-state index contributed by atoms with van der Waals surface area (Å²) in [4.78, 5) is 21.6. The normalized spacial score (nSPS) is 13.0. The molecule has 8 heteroatoms. The molecule has 0 amide bonds. The van der Waals surface area contributed by atoms with Gasteiger partial charge in [-0.05, 0) is 12.1 Å². The highest BCUT2D eigenvalue weighted by Gasteiger charge is 2.12. The van der Waals surface area contributed by atoms with Crippen LogP contribution >= 0.6 is 7.82 Å². The fourth-order valence-corrected chi connectivity index (χ4v) is 0.885. The number of benzene rings is 1. The van der Waals surface area contributed by atoms with Crippen molar-refractivity contribution < 1.29 is 33.8 Å². The van der Waals surface area contributed by atoms with Gasteiger partial charge in [-0.1, -0.05) is 0 Å². The smallest absolute Gasteiger partial charge is 0.466 e. The van der Waals surface area contributed by atoms with Crippen molar-refractivity contribution in [3.05, 3.63) is 18.2 Å². The van der Waals surface area contributed by atoms with E-state index in [0.29, 0.717) is 11.5 Å². The van der Waals surface area contributed by atoms with Gasteiger partial charge in [-0.2, -0.15) is 0 Å². The molecule has 4 N–H and O–H groups in total. The van der Waals surface area contributed by atoms with Crippen molar-refractivity contribution in [2.45, 2.75) is 0 Å². The van der Waals surface area contributed by atoms with Gasteiger partial charge in [0.2, 0.25) is 6.79 Å². The largest absolute Gasteiger partial charge is 0.508 e. The summed E-state index contributed by atoms with van der Waals surface area (Å²) >= 11 is 0. The van der Waals surface area contributed by atoms with Gasteiger partial charge in [0.15, 0.2) is 11.5 Å². The van der Waals surface area contributed by atoms with Crippen molar-refractivity contribution >= 4 is 7.82 Å². The standard InChI is InChI=1S/C7H6O3.H3O4P/c8-5-1-2-6-7(3-5)10-4-9-6;1-5(2,3)4/h1-3,8H,4H2;(H3,1,2,3,4). The van der Waals surface area contributed by atoms with Gasteiger partial charge in [0, 0.05) is 6.07 Å². The molecule has 1 heterocycles. The number of fused-ring (bicyclic) bond motifs is 1. The van der Waals surface area contributed by atoms with Crippen LogP contribution in [0.3, 0.4) is 0 Å². The summed E-state index contributed by atoms with van der Waals surface area (Å²) < 4.78 is 18.9. The molecule has 7 nitrogen and oxygen atoms in total. The summed E-state index contributed by atoms with van der Waals surface area (Å²) in [7, 11) is -4.64. The summed E-state index contributed by atoms with van der Waals surface area (Å²) in [6.45, 7) is 0.249. The van der Waals surface area contributed by atoms with Crippen LogP contribution in [-0.2, 0) is 4.57 Å². The third-order valence-electron chi connectivity index (χ3n) is 1.36. The van der Waals surface area contributed by atoms with Crippen LogP contribution in [0, 0.1) is 0 Å². The fraction of sp³-hybridized carbons (Fsp3) is 0.143. The zero-order chi connectivity index (χ0) is 11.5. The van der Waals surface area contributed by atoms with Gasteiger partial charge in [0.25, 0.3) is 0 Å². The van der Waals surface area contributed by atoms with Gasteiger partial charge in [-0.3, -0.25) is 0 Å². The highest BCUT2D eigenvalue weighted by atomic mass is 31.2. The number of hydrogen-bond acceptors (Lipinski definition) is 4. The molecular weight excluding hydrogens is 227 g/mol. The first-order valence-corrected chi connectivity index (χ1v) is 5.29. The molecule has 0 fully saturated rings. The van der Waals surface area contributed by atoms with Gasteiger partial charge >= 0.3 is 7.82 Å². The Kier molecular flexibility index (Phi) is 3.54. The van der Waals surface area contributed by atoms with E-state index >= 15 is 0 Å². The molecule has 0 atom stereocenters. The number of phosphoric acid groups is 1. The molecule has 2 rings (SSSR count). The van der Waals surface area contributed by atoms with E-state index in [1.807, 2.05) is 0 Å². The lowest BCUT2D eigenvalue weighted by atomic mass is 10.3. The van der Waals surface area contributed by atoms with E-state index in [0.717, 1.165) is 0 Å². The van der Waals surface area contributed by atoms with E-state index in [1.54, 1.807) is 12.1 Å². The van der Waals surface area contributed by atoms with Gasteiger partial charge < -0.3 is 29.3 Å². The number of hydrogen-bond donors (Lipinski definition) is 4. The number of rotatable bonds is 0. The third-order valence-corrected chi connectivity index (χ3v) is 1.36. The Labute approximate surface area is 84.7 Å². The quantitative estimate of drug-likeness (QED) is 0.475. The molecule has 15 heavy (non-hydrogen) atoms. The topological polar surface area (TPSA) is 116 Å². The number of ether oxygens (including phenoxy) is 2. The van der Waals surface area contributed by atoms with Crippen LogP contribution in [0.25, 0.3) is 0 Å². The Morgan fingerprint density at radius 3 is 2.27 bits per heavy atom. The Morgan fingerprint density at radius 1 is 1.13 bits per heavy atom. The highest BCUT2D eigenvalue weighted by Crippen LogP contribution is 2.34. The Balaban J connectivity index is 0.000000195. The monoisotopic (exact) mass is 236 g/mol. The van der Waals surface area contributed by atoms with E-state index in [9.17, 15) is 0 Å². The van der Waals surface area contributed by atoms with Crippen LogP contribution in [0.15, 0.2) is 18.2 Å². The number of phenols is 1. The molecule has 1 aliphatic heterocycles. The molecule has 0 radical (unpaired) electrons. The maximum absolute atomic E-state index is 8.96. The van der Waals surface area contributed by atoms with Crippen molar-refractivity contribution in [1.29, 1.82) is 0 Å². The van der Waals surface area contributed by atoms with Crippen LogP contribution in [0.5, 0.6) is 17.2 Å². The molecule has 0 saturated carbocycles. The summed E-state index contributed by atoms with van der Waals surface area (Å²) in [5, 5.41) is 8.96. The third kappa shape index (κ3) is 4.66. The van der Waals surface area contributed by atoms with Gasteiger partial charge in [-0.15, -0.1) is 0 Å². The minimum atomic E-state index is -4.64. The van der Waals surface area contributed by atoms with Crippen molar-refractivity contribution in [2.24, 2.45) is 0 Å². The zero-order valence-corrected chi connectivity index (χ0v) is 8.29. The minimum absolute atomic E-state index is 0.198. The first-order chi connectivity index (χ1) is 6.86.